The summed E-state index contributed by atoms with van der Waals surface area (Å²) in [5.74, 6) is 0.431. The average molecular weight is 159 g/mol. The van der Waals surface area contributed by atoms with E-state index in [0.29, 0.717) is 5.92 Å². The number of hydrogen-bond donors (Lipinski definition) is 2. The van der Waals surface area contributed by atoms with E-state index in [2.05, 4.69) is 19.2 Å². The molecule has 0 aromatic rings. The molecular formula is C9H21NO. The van der Waals surface area contributed by atoms with Gasteiger partial charge in [0.25, 0.3) is 0 Å². The van der Waals surface area contributed by atoms with Gasteiger partial charge in [0.05, 0.1) is 6.10 Å². The normalized spacial score (nSPS) is 16.4. The molecule has 0 radical (unpaired) electrons. The summed E-state index contributed by atoms with van der Waals surface area (Å²) in [6.07, 6.45) is 2.10. The van der Waals surface area contributed by atoms with Crippen LogP contribution in [0.15, 0.2) is 0 Å². The first-order valence-corrected chi connectivity index (χ1v) is 4.61. The van der Waals surface area contributed by atoms with E-state index in [-0.39, 0.29) is 6.10 Å². The quantitative estimate of drug-likeness (QED) is 0.614. The van der Waals surface area contributed by atoms with Crippen molar-refractivity contribution in [3.8, 4) is 0 Å². The highest BCUT2D eigenvalue weighted by Crippen LogP contribution is 2.09. The third-order valence-electron chi connectivity index (χ3n) is 2.00. The van der Waals surface area contributed by atoms with Gasteiger partial charge in [-0.2, -0.15) is 0 Å². The van der Waals surface area contributed by atoms with Gasteiger partial charge in [-0.3, -0.25) is 0 Å². The van der Waals surface area contributed by atoms with Gasteiger partial charge < -0.3 is 10.4 Å². The second-order valence-corrected chi connectivity index (χ2v) is 3.10. The molecule has 2 atom stereocenters. The first-order chi connectivity index (χ1) is 5.22. The van der Waals surface area contributed by atoms with Gasteiger partial charge in [0, 0.05) is 6.54 Å². The molecule has 0 aliphatic rings. The van der Waals surface area contributed by atoms with E-state index >= 15 is 0 Å². The highest BCUT2D eigenvalue weighted by atomic mass is 16.3. The molecule has 0 saturated heterocycles. The van der Waals surface area contributed by atoms with Crippen molar-refractivity contribution in [3.63, 3.8) is 0 Å². The minimum Gasteiger partial charge on any atom is -0.393 e. The van der Waals surface area contributed by atoms with Crippen LogP contribution in [0.25, 0.3) is 0 Å². The number of nitrogens with one attached hydrogen (secondary N) is 1. The molecule has 0 saturated carbocycles. The van der Waals surface area contributed by atoms with Crippen molar-refractivity contribution in [3.05, 3.63) is 0 Å². The third kappa shape index (κ3) is 5.22. The maximum absolute atomic E-state index is 9.33. The molecule has 2 N–H and O–H groups in total. The van der Waals surface area contributed by atoms with Crippen LogP contribution in [0.1, 0.15) is 33.6 Å². The van der Waals surface area contributed by atoms with Crippen molar-refractivity contribution in [2.75, 3.05) is 13.1 Å². The summed E-state index contributed by atoms with van der Waals surface area (Å²) < 4.78 is 0. The van der Waals surface area contributed by atoms with E-state index in [1.165, 1.54) is 0 Å². The molecule has 2 unspecified atom stereocenters. The van der Waals surface area contributed by atoms with Gasteiger partial charge in [-0.15, -0.1) is 0 Å². The van der Waals surface area contributed by atoms with Crippen molar-refractivity contribution in [1.29, 1.82) is 0 Å². The maximum Gasteiger partial charge on any atom is 0.0552 e. The third-order valence-corrected chi connectivity index (χ3v) is 2.00. The largest absolute Gasteiger partial charge is 0.393 e. The molecule has 11 heavy (non-hydrogen) atoms. The Morgan fingerprint density at radius 3 is 2.36 bits per heavy atom. The molecule has 0 aromatic carbocycles. The zero-order chi connectivity index (χ0) is 8.69. The summed E-state index contributed by atoms with van der Waals surface area (Å²) in [6, 6.07) is 0. The van der Waals surface area contributed by atoms with Gasteiger partial charge in [-0.05, 0) is 25.8 Å². The van der Waals surface area contributed by atoms with Crippen LogP contribution < -0.4 is 5.32 Å². The molecule has 0 fully saturated rings. The average Bonchev–Trinajstić information content (AvgIpc) is 1.97. The minimum atomic E-state index is -0.172. The predicted molar refractivity (Wildman–Crippen MR) is 48.6 cm³/mol. The van der Waals surface area contributed by atoms with Crippen molar-refractivity contribution >= 4 is 0 Å². The van der Waals surface area contributed by atoms with Crippen LogP contribution in [0.2, 0.25) is 0 Å². The summed E-state index contributed by atoms with van der Waals surface area (Å²) in [5, 5.41) is 12.6. The Kier molecular flexibility index (Phi) is 6.57. The first kappa shape index (κ1) is 10.9. The van der Waals surface area contributed by atoms with Crippen LogP contribution in [0.5, 0.6) is 0 Å². The summed E-state index contributed by atoms with van der Waals surface area (Å²) in [7, 11) is 0. The lowest BCUT2D eigenvalue weighted by Crippen LogP contribution is -2.29. The van der Waals surface area contributed by atoms with Crippen molar-refractivity contribution in [1.82, 2.24) is 5.32 Å². The van der Waals surface area contributed by atoms with E-state index in [1.54, 1.807) is 0 Å². The van der Waals surface area contributed by atoms with Gasteiger partial charge in [0.15, 0.2) is 0 Å². The number of aliphatic hydroxyl groups is 1. The lowest BCUT2D eigenvalue weighted by Gasteiger charge is -2.18. The molecule has 2 heteroatoms. The molecule has 0 aliphatic carbocycles. The Hall–Kier alpha value is -0.0800. The molecule has 0 bridgehead atoms. The van der Waals surface area contributed by atoms with Crippen molar-refractivity contribution in [2.45, 2.75) is 39.7 Å². The van der Waals surface area contributed by atoms with Crippen LogP contribution in [0.4, 0.5) is 0 Å². The lowest BCUT2D eigenvalue weighted by atomic mass is 9.98. The predicted octanol–water partition coefficient (Wildman–Crippen LogP) is 1.39. The highest BCUT2D eigenvalue weighted by Gasteiger charge is 2.12. The molecule has 0 aromatic heterocycles. The molecule has 0 heterocycles. The number of hydrogen-bond acceptors (Lipinski definition) is 2. The Balaban J connectivity index is 3.51. The van der Waals surface area contributed by atoms with E-state index in [0.717, 1.165) is 25.9 Å². The summed E-state index contributed by atoms with van der Waals surface area (Å²) in [6.45, 7) is 8.05. The fourth-order valence-electron chi connectivity index (χ4n) is 1.21. The van der Waals surface area contributed by atoms with E-state index in [4.69, 9.17) is 0 Å². The Bertz CT molecular complexity index is 83.6. The van der Waals surface area contributed by atoms with Crippen LogP contribution in [0, 0.1) is 5.92 Å². The monoisotopic (exact) mass is 159 g/mol. The fourth-order valence-corrected chi connectivity index (χ4v) is 1.21. The number of aliphatic hydroxyl groups excluding tert-OH is 1. The van der Waals surface area contributed by atoms with Crippen LogP contribution in [-0.2, 0) is 0 Å². The first-order valence-electron chi connectivity index (χ1n) is 4.61. The summed E-state index contributed by atoms with van der Waals surface area (Å²) in [4.78, 5) is 0. The van der Waals surface area contributed by atoms with Gasteiger partial charge in [-0.1, -0.05) is 20.3 Å². The van der Waals surface area contributed by atoms with Crippen LogP contribution >= 0.6 is 0 Å². The summed E-state index contributed by atoms with van der Waals surface area (Å²) in [5.41, 5.74) is 0. The van der Waals surface area contributed by atoms with Gasteiger partial charge in [-0.25, -0.2) is 0 Å². The van der Waals surface area contributed by atoms with Crippen LogP contribution in [-0.4, -0.2) is 24.3 Å². The SMILES string of the molecule is CCCC(CNCC)C(C)O. The maximum atomic E-state index is 9.33. The molecule has 0 amide bonds. The standard InChI is InChI=1S/C9H21NO/c1-4-6-9(8(3)11)7-10-5-2/h8-11H,4-7H2,1-3H3. The smallest absolute Gasteiger partial charge is 0.0552 e. The molecule has 0 spiro atoms. The van der Waals surface area contributed by atoms with E-state index in [1.807, 2.05) is 6.92 Å². The Morgan fingerprint density at radius 1 is 1.36 bits per heavy atom. The fraction of sp³-hybridized carbons (Fsp3) is 1.00. The zero-order valence-corrected chi connectivity index (χ0v) is 7.93. The van der Waals surface area contributed by atoms with Gasteiger partial charge in [0.2, 0.25) is 0 Å². The highest BCUT2D eigenvalue weighted by molar-refractivity contribution is 4.66. The second kappa shape index (κ2) is 6.62. The van der Waals surface area contributed by atoms with Crippen LogP contribution in [0.3, 0.4) is 0 Å². The lowest BCUT2D eigenvalue weighted by molar-refractivity contribution is 0.119. The Labute approximate surface area is 70.0 Å². The van der Waals surface area contributed by atoms with Crippen molar-refractivity contribution in [2.24, 2.45) is 5.92 Å². The second-order valence-electron chi connectivity index (χ2n) is 3.10. The topological polar surface area (TPSA) is 32.3 Å². The van der Waals surface area contributed by atoms with Crippen molar-refractivity contribution < 1.29 is 5.11 Å². The van der Waals surface area contributed by atoms with Gasteiger partial charge in [0.1, 0.15) is 0 Å². The molecule has 2 nitrogen and oxygen atoms in total. The molecular weight excluding hydrogens is 138 g/mol. The minimum absolute atomic E-state index is 0.172. The van der Waals surface area contributed by atoms with E-state index in [9.17, 15) is 5.11 Å². The molecule has 68 valence electrons. The number of rotatable bonds is 6. The summed E-state index contributed by atoms with van der Waals surface area (Å²) >= 11 is 0. The van der Waals surface area contributed by atoms with Gasteiger partial charge >= 0.3 is 0 Å². The Morgan fingerprint density at radius 2 is 2.00 bits per heavy atom. The zero-order valence-electron chi connectivity index (χ0n) is 7.93. The van der Waals surface area contributed by atoms with E-state index < -0.39 is 0 Å². The molecule has 0 rings (SSSR count). The molecule has 0 aliphatic heterocycles.